The molecule has 1 heterocycles. The highest BCUT2D eigenvalue weighted by molar-refractivity contribution is 6.31. The second kappa shape index (κ2) is 9.03. The Labute approximate surface area is 189 Å². The molecule has 8 heteroatoms. The average Bonchev–Trinajstić information content (AvgIpc) is 2.81. The molecule has 0 atom stereocenters. The Balaban J connectivity index is 1.81. The maximum absolute atomic E-state index is 13.6. The van der Waals surface area contributed by atoms with Gasteiger partial charge < -0.3 is 20.7 Å². The summed E-state index contributed by atoms with van der Waals surface area (Å²) in [7, 11) is 3.27. The van der Waals surface area contributed by atoms with Crippen molar-refractivity contribution in [2.24, 2.45) is 0 Å². The predicted octanol–water partition coefficient (Wildman–Crippen LogP) is 5.34. The number of ether oxygens (including phenoxy) is 1. The fourth-order valence-corrected chi connectivity index (χ4v) is 3.69. The van der Waals surface area contributed by atoms with E-state index < -0.39 is 6.03 Å². The first-order valence-corrected chi connectivity index (χ1v) is 10.2. The molecule has 1 aromatic heterocycles. The molecule has 4 rings (SSSR count). The third-order valence-electron chi connectivity index (χ3n) is 4.99. The number of pyridine rings is 1. The number of urea groups is 1. The number of nitrogens with one attached hydrogen (secondary N) is 3. The van der Waals surface area contributed by atoms with Crippen molar-refractivity contribution in [1.29, 1.82) is 0 Å². The Kier molecular flexibility index (Phi) is 6.00. The number of amides is 2. The fourth-order valence-electron chi connectivity index (χ4n) is 3.52. The Morgan fingerprint density at radius 2 is 1.66 bits per heavy atom. The van der Waals surface area contributed by atoms with Crippen molar-refractivity contribution in [3.05, 3.63) is 88.2 Å². The predicted molar refractivity (Wildman–Crippen MR) is 130 cm³/mol. The van der Waals surface area contributed by atoms with Crippen LogP contribution in [0.15, 0.2) is 77.6 Å². The molecular formula is C24H21ClN4O3. The van der Waals surface area contributed by atoms with Crippen molar-refractivity contribution in [2.45, 2.75) is 0 Å². The van der Waals surface area contributed by atoms with E-state index in [1.165, 1.54) is 4.57 Å². The van der Waals surface area contributed by atoms with Crippen molar-refractivity contribution < 1.29 is 9.53 Å². The topological polar surface area (TPSA) is 84.4 Å². The van der Waals surface area contributed by atoms with Crippen LogP contribution in [0, 0.1) is 0 Å². The molecule has 0 radical (unpaired) electrons. The number of nitrogens with zero attached hydrogens (tertiary/aromatic N) is 1. The van der Waals surface area contributed by atoms with Crippen LogP contribution in [0.2, 0.25) is 5.02 Å². The van der Waals surface area contributed by atoms with E-state index in [0.29, 0.717) is 33.4 Å². The summed E-state index contributed by atoms with van der Waals surface area (Å²) in [6.45, 7) is 0. The molecule has 0 unspecified atom stereocenters. The summed E-state index contributed by atoms with van der Waals surface area (Å²) in [5, 5.41) is 9.73. The molecule has 3 N–H and O–H groups in total. The molecule has 0 saturated carbocycles. The number of anilines is 3. The SMILES string of the molecule is CNc1c(NC(=O)Nc2ccc(OC)cc2)c(=O)n(-c2ccccc2)c2cc(Cl)ccc12. The van der Waals surface area contributed by atoms with Gasteiger partial charge in [0.05, 0.1) is 18.3 Å². The Morgan fingerprint density at radius 1 is 0.938 bits per heavy atom. The number of aromatic nitrogens is 1. The highest BCUT2D eigenvalue weighted by Gasteiger charge is 2.19. The zero-order valence-corrected chi connectivity index (χ0v) is 18.2. The lowest BCUT2D eigenvalue weighted by molar-refractivity contribution is 0.262. The van der Waals surface area contributed by atoms with Gasteiger partial charge in [0.15, 0.2) is 0 Å². The number of rotatable bonds is 5. The first-order valence-electron chi connectivity index (χ1n) is 9.85. The monoisotopic (exact) mass is 448 g/mol. The van der Waals surface area contributed by atoms with Gasteiger partial charge >= 0.3 is 6.03 Å². The first-order chi connectivity index (χ1) is 15.5. The Morgan fingerprint density at radius 3 is 2.31 bits per heavy atom. The number of hydrogen-bond donors (Lipinski definition) is 3. The molecule has 0 fully saturated rings. The Bertz CT molecular complexity index is 1340. The van der Waals surface area contributed by atoms with Crippen LogP contribution in [0.1, 0.15) is 0 Å². The zero-order chi connectivity index (χ0) is 22.7. The van der Waals surface area contributed by atoms with Crippen molar-refractivity contribution in [1.82, 2.24) is 4.57 Å². The molecule has 3 aromatic carbocycles. The van der Waals surface area contributed by atoms with Gasteiger partial charge in [-0.25, -0.2) is 4.79 Å². The van der Waals surface area contributed by atoms with Crippen LogP contribution in [0.5, 0.6) is 5.75 Å². The molecular weight excluding hydrogens is 428 g/mol. The molecule has 2 amide bonds. The fraction of sp³-hybridized carbons (Fsp3) is 0.0833. The summed E-state index contributed by atoms with van der Waals surface area (Å²) in [6.07, 6.45) is 0. The number of carbonyl (C=O) groups is 1. The molecule has 4 aromatic rings. The van der Waals surface area contributed by atoms with Crippen molar-refractivity contribution >= 4 is 45.6 Å². The van der Waals surface area contributed by atoms with E-state index in [1.807, 2.05) is 36.4 Å². The summed E-state index contributed by atoms with van der Waals surface area (Å²) in [6, 6.07) is 20.8. The number of methoxy groups -OCH3 is 1. The van der Waals surface area contributed by atoms with Crippen LogP contribution in [0.3, 0.4) is 0 Å². The number of hydrogen-bond acceptors (Lipinski definition) is 4. The van der Waals surface area contributed by atoms with E-state index in [2.05, 4.69) is 16.0 Å². The molecule has 32 heavy (non-hydrogen) atoms. The van der Waals surface area contributed by atoms with Crippen molar-refractivity contribution in [2.75, 3.05) is 30.1 Å². The first kappa shape index (κ1) is 21.3. The number of para-hydroxylation sites is 1. The summed E-state index contributed by atoms with van der Waals surface area (Å²) in [5.41, 5.74) is 2.08. The van der Waals surface area contributed by atoms with E-state index in [1.54, 1.807) is 50.6 Å². The maximum Gasteiger partial charge on any atom is 0.323 e. The van der Waals surface area contributed by atoms with Gasteiger partial charge in [0.1, 0.15) is 11.4 Å². The molecule has 0 aliphatic carbocycles. The van der Waals surface area contributed by atoms with E-state index in [4.69, 9.17) is 16.3 Å². The molecule has 0 saturated heterocycles. The van der Waals surface area contributed by atoms with Gasteiger partial charge in [-0.2, -0.15) is 0 Å². The number of halogens is 1. The molecule has 0 bridgehead atoms. The van der Waals surface area contributed by atoms with Gasteiger partial charge in [-0.15, -0.1) is 0 Å². The van der Waals surface area contributed by atoms with Gasteiger partial charge in [-0.1, -0.05) is 29.8 Å². The van der Waals surface area contributed by atoms with Crippen LogP contribution in [0.25, 0.3) is 16.6 Å². The standard InChI is InChI=1S/C24H21ClN4O3/c1-26-21-19-13-8-15(25)14-20(19)29(17-6-4-3-5-7-17)23(30)22(21)28-24(31)27-16-9-11-18(32-2)12-10-16/h3-14,26H,1-2H3,(H2,27,28,31). The van der Waals surface area contributed by atoms with Crippen molar-refractivity contribution in [3.8, 4) is 11.4 Å². The second-order valence-corrected chi connectivity index (χ2v) is 7.38. The van der Waals surface area contributed by atoms with Crippen LogP contribution >= 0.6 is 11.6 Å². The third kappa shape index (κ3) is 4.10. The lowest BCUT2D eigenvalue weighted by atomic mass is 10.1. The zero-order valence-electron chi connectivity index (χ0n) is 17.5. The van der Waals surface area contributed by atoms with E-state index in [0.717, 1.165) is 5.39 Å². The number of benzene rings is 3. The summed E-state index contributed by atoms with van der Waals surface area (Å²) in [5.74, 6) is 0.673. The molecule has 0 spiro atoms. The van der Waals surface area contributed by atoms with Gasteiger partial charge in [0.25, 0.3) is 5.56 Å². The molecule has 0 aliphatic heterocycles. The minimum Gasteiger partial charge on any atom is -0.497 e. The molecule has 0 aliphatic rings. The van der Waals surface area contributed by atoms with Crippen LogP contribution in [0.4, 0.5) is 21.9 Å². The summed E-state index contributed by atoms with van der Waals surface area (Å²) < 4.78 is 6.66. The van der Waals surface area contributed by atoms with Gasteiger partial charge in [0.2, 0.25) is 0 Å². The van der Waals surface area contributed by atoms with Crippen molar-refractivity contribution in [3.63, 3.8) is 0 Å². The highest BCUT2D eigenvalue weighted by atomic mass is 35.5. The lowest BCUT2D eigenvalue weighted by Crippen LogP contribution is -2.29. The molecule has 7 nitrogen and oxygen atoms in total. The average molecular weight is 449 g/mol. The Hall–Kier alpha value is -3.97. The van der Waals surface area contributed by atoms with Gasteiger partial charge in [0, 0.05) is 28.8 Å². The third-order valence-corrected chi connectivity index (χ3v) is 5.22. The van der Waals surface area contributed by atoms with Crippen LogP contribution in [-0.4, -0.2) is 24.8 Å². The normalized spacial score (nSPS) is 10.6. The lowest BCUT2D eigenvalue weighted by Gasteiger charge is -2.18. The highest BCUT2D eigenvalue weighted by Crippen LogP contribution is 2.31. The maximum atomic E-state index is 13.6. The number of fused-ring (bicyclic) bond motifs is 1. The van der Waals surface area contributed by atoms with Crippen LogP contribution in [-0.2, 0) is 0 Å². The van der Waals surface area contributed by atoms with Gasteiger partial charge in [-0.05, 0) is 54.6 Å². The second-order valence-electron chi connectivity index (χ2n) is 6.95. The quantitative estimate of drug-likeness (QED) is 0.385. The largest absolute Gasteiger partial charge is 0.497 e. The summed E-state index contributed by atoms with van der Waals surface area (Å²) in [4.78, 5) is 26.3. The molecule has 162 valence electrons. The van der Waals surface area contributed by atoms with E-state index in [9.17, 15) is 9.59 Å². The van der Waals surface area contributed by atoms with E-state index >= 15 is 0 Å². The van der Waals surface area contributed by atoms with Crippen LogP contribution < -0.4 is 26.2 Å². The minimum atomic E-state index is -0.545. The number of carbonyl (C=O) groups excluding carboxylic acids is 1. The van der Waals surface area contributed by atoms with Gasteiger partial charge in [-0.3, -0.25) is 9.36 Å². The van der Waals surface area contributed by atoms with E-state index in [-0.39, 0.29) is 11.2 Å². The smallest absolute Gasteiger partial charge is 0.323 e. The summed E-state index contributed by atoms with van der Waals surface area (Å²) >= 11 is 6.24. The minimum absolute atomic E-state index is 0.122.